The summed E-state index contributed by atoms with van der Waals surface area (Å²) in [4.78, 5) is 63.6. The van der Waals surface area contributed by atoms with Crippen LogP contribution in [-0.4, -0.2) is 64.2 Å². The number of aryl methyl sites for hydroxylation is 4. The van der Waals surface area contributed by atoms with Crippen molar-refractivity contribution in [1.82, 2.24) is 19.9 Å². The maximum Gasteiger partial charge on any atom is 0.303 e. The number of carbonyl (C=O) groups is 4. The predicted octanol–water partition coefficient (Wildman–Crippen LogP) is 13.0. The van der Waals surface area contributed by atoms with E-state index in [-0.39, 0.29) is 25.7 Å². The van der Waals surface area contributed by atoms with Gasteiger partial charge in [0.1, 0.15) is 0 Å². The Morgan fingerprint density at radius 3 is 0.722 bits per heavy atom. The molecule has 0 spiro atoms. The largest absolute Gasteiger partial charge is 0.481 e. The molecule has 362 valence electrons. The number of H-pyrrole nitrogens is 2. The second kappa shape index (κ2) is 22.0. The van der Waals surface area contributed by atoms with Gasteiger partial charge in [-0.05, 0) is 144 Å². The zero-order chi connectivity index (χ0) is 50.1. The van der Waals surface area contributed by atoms with Crippen molar-refractivity contribution in [1.29, 1.82) is 0 Å². The molecule has 2 aliphatic heterocycles. The first-order valence-electron chi connectivity index (χ1n) is 24.4. The predicted molar refractivity (Wildman–Crippen MR) is 283 cm³/mol. The monoisotopic (exact) mass is 958 g/mol. The molecular formula is C60H54N4O8. The first kappa shape index (κ1) is 48.4. The molecule has 0 fully saturated rings. The number of nitrogens with zero attached hydrogens (tertiary/aromatic N) is 2. The van der Waals surface area contributed by atoms with E-state index in [1.165, 1.54) is 0 Å². The Hall–Kier alpha value is -8.64. The van der Waals surface area contributed by atoms with Gasteiger partial charge in [0.25, 0.3) is 0 Å². The van der Waals surface area contributed by atoms with Gasteiger partial charge in [-0.25, -0.2) is 9.97 Å². The van der Waals surface area contributed by atoms with Crippen LogP contribution in [0.2, 0.25) is 0 Å². The molecule has 0 saturated carbocycles. The number of rotatable bonds is 20. The number of hydrogen-bond donors (Lipinski definition) is 6. The Labute approximate surface area is 416 Å². The van der Waals surface area contributed by atoms with E-state index in [0.29, 0.717) is 51.4 Å². The summed E-state index contributed by atoms with van der Waals surface area (Å²) >= 11 is 0. The van der Waals surface area contributed by atoms with Crippen LogP contribution >= 0.6 is 0 Å². The number of carboxylic acids is 4. The highest BCUT2D eigenvalue weighted by Gasteiger charge is 2.20. The molecule has 12 heteroatoms. The number of carboxylic acid groups (broad SMARTS) is 4. The van der Waals surface area contributed by atoms with Gasteiger partial charge in [0.05, 0.1) is 22.8 Å². The van der Waals surface area contributed by atoms with Gasteiger partial charge in [-0.1, -0.05) is 97.1 Å². The fourth-order valence-electron chi connectivity index (χ4n) is 9.55. The van der Waals surface area contributed by atoms with Gasteiger partial charge in [0.15, 0.2) is 0 Å². The molecule has 7 aromatic rings. The molecule has 0 amide bonds. The third kappa shape index (κ3) is 11.5. The molecule has 0 aliphatic carbocycles. The highest BCUT2D eigenvalue weighted by atomic mass is 16.4. The minimum absolute atomic E-state index is 0.0925. The molecular weight excluding hydrogens is 905 g/mol. The summed E-state index contributed by atoms with van der Waals surface area (Å²) < 4.78 is 0. The third-order valence-electron chi connectivity index (χ3n) is 13.1. The normalized spacial score (nSPS) is 11.8. The molecule has 0 unspecified atom stereocenters. The number of benzene rings is 4. The molecule has 3 aromatic heterocycles. The zero-order valence-electron chi connectivity index (χ0n) is 39.7. The Morgan fingerprint density at radius 2 is 0.528 bits per heavy atom. The van der Waals surface area contributed by atoms with Crippen LogP contribution < -0.4 is 0 Å². The number of nitrogens with one attached hydrogen (secondary N) is 2. The van der Waals surface area contributed by atoms with Crippen LogP contribution in [-0.2, 0) is 44.9 Å². The van der Waals surface area contributed by atoms with Crippen molar-refractivity contribution in [2.24, 2.45) is 0 Å². The lowest BCUT2D eigenvalue weighted by molar-refractivity contribution is -0.138. The van der Waals surface area contributed by atoms with Crippen molar-refractivity contribution >= 4 is 70.2 Å². The van der Waals surface area contributed by atoms with Crippen molar-refractivity contribution in [3.05, 3.63) is 166 Å². The van der Waals surface area contributed by atoms with Gasteiger partial charge in [-0.15, -0.1) is 0 Å². The van der Waals surface area contributed by atoms with Crippen molar-refractivity contribution < 1.29 is 39.6 Å². The topological polar surface area (TPSA) is 207 Å². The van der Waals surface area contributed by atoms with Crippen LogP contribution in [0.5, 0.6) is 0 Å². The van der Waals surface area contributed by atoms with E-state index in [2.05, 4.69) is 82.8 Å². The summed E-state index contributed by atoms with van der Waals surface area (Å²) in [5, 5.41) is 37.1. The Morgan fingerprint density at radius 1 is 0.319 bits per heavy atom. The number of aromatic amines is 2. The average Bonchev–Trinajstić information content (AvgIpc) is 4.22. The first-order chi connectivity index (χ1) is 34.9. The number of fused-ring (bicyclic) bond motifs is 8. The number of hydrogen-bond acceptors (Lipinski definition) is 6. The molecule has 0 atom stereocenters. The quantitative estimate of drug-likeness (QED) is 0.0426. The van der Waals surface area contributed by atoms with E-state index in [0.717, 1.165) is 112 Å². The number of aliphatic carboxylic acids is 4. The zero-order valence-corrected chi connectivity index (χ0v) is 39.7. The minimum atomic E-state index is -0.820. The van der Waals surface area contributed by atoms with Gasteiger partial charge < -0.3 is 30.4 Å². The van der Waals surface area contributed by atoms with Gasteiger partial charge in [0.2, 0.25) is 0 Å². The molecule has 12 nitrogen and oxygen atoms in total. The van der Waals surface area contributed by atoms with Crippen molar-refractivity contribution in [3.63, 3.8) is 0 Å². The summed E-state index contributed by atoms with van der Waals surface area (Å²) in [6.45, 7) is 0. The van der Waals surface area contributed by atoms with E-state index >= 15 is 0 Å². The lowest BCUT2D eigenvalue weighted by Gasteiger charge is -2.09. The maximum absolute atomic E-state index is 11.3. The fraction of sp³-hybridized carbons (Fsp3) is 0.200. The van der Waals surface area contributed by atoms with Gasteiger partial charge in [0, 0.05) is 70.0 Å². The van der Waals surface area contributed by atoms with Crippen LogP contribution in [0, 0.1) is 0 Å². The first-order valence-corrected chi connectivity index (χ1v) is 24.4. The molecule has 0 saturated heterocycles. The Bertz CT molecular complexity index is 2960. The molecule has 5 heterocycles. The van der Waals surface area contributed by atoms with E-state index in [4.69, 9.17) is 9.97 Å². The van der Waals surface area contributed by atoms with Crippen molar-refractivity contribution in [2.45, 2.75) is 77.0 Å². The summed E-state index contributed by atoms with van der Waals surface area (Å²) in [6.07, 6.45) is 13.1. The molecule has 9 rings (SSSR count). The summed E-state index contributed by atoms with van der Waals surface area (Å²) in [7, 11) is 0. The molecule has 2 aliphatic rings. The van der Waals surface area contributed by atoms with Crippen molar-refractivity contribution in [2.75, 3.05) is 0 Å². The van der Waals surface area contributed by atoms with Crippen LogP contribution in [0.25, 0.3) is 90.9 Å². The lowest BCUT2D eigenvalue weighted by atomic mass is 10.00. The highest BCUT2D eigenvalue weighted by molar-refractivity contribution is 6.00. The third-order valence-corrected chi connectivity index (χ3v) is 13.1. The standard InChI is InChI=1S/C60H54N4O8/c65-53(66)9-1-5-37-13-21-41(22-14-37)57-45-29-31-47(61-45)58(42-23-15-38(16-24-42)6-2-10-54(67)68)49-33-35-51(63-49)60(44-27-19-40(20-28-44)8-4-12-56(71)72)52-36-34-50(64-52)59(48-32-30-46(57)62-48)43-25-17-39(18-26-43)7-3-11-55(69)70/h13-36,61,64H,1-12H2,(H,65,66)(H,67,68)(H,69,70)(H,71,72). The molecule has 4 aromatic carbocycles. The van der Waals surface area contributed by atoms with Crippen LogP contribution in [0.1, 0.15) is 96.4 Å². The van der Waals surface area contributed by atoms with Crippen molar-refractivity contribution in [3.8, 4) is 44.5 Å². The summed E-state index contributed by atoms with van der Waals surface area (Å²) in [6, 6.07) is 41.0. The maximum atomic E-state index is 11.3. The Balaban J connectivity index is 1.29. The average molecular weight is 959 g/mol. The molecule has 6 N–H and O–H groups in total. The smallest absolute Gasteiger partial charge is 0.303 e. The number of aromatic nitrogens is 4. The van der Waals surface area contributed by atoms with E-state index in [9.17, 15) is 39.6 Å². The second-order valence-corrected chi connectivity index (χ2v) is 18.3. The highest BCUT2D eigenvalue weighted by Crippen LogP contribution is 2.39. The van der Waals surface area contributed by atoms with Crippen LogP contribution in [0.15, 0.2) is 121 Å². The van der Waals surface area contributed by atoms with Crippen LogP contribution in [0.3, 0.4) is 0 Å². The van der Waals surface area contributed by atoms with Gasteiger partial charge >= 0.3 is 23.9 Å². The van der Waals surface area contributed by atoms with E-state index < -0.39 is 23.9 Å². The summed E-state index contributed by atoms with van der Waals surface area (Å²) in [5.74, 6) is -3.28. The molecule has 0 radical (unpaired) electrons. The SMILES string of the molecule is O=C(O)CCCc1ccc(-c2c3nc(c(-c4ccc(CCCC(=O)O)cc4)c4ccc([nH]4)c(-c4ccc(CCCC(=O)O)cc4)c4nc(c(-c5ccc(CCCC(=O)O)cc5)c5ccc2[nH]5)C=C4)C=C3)cc1. The van der Waals surface area contributed by atoms with E-state index in [1.54, 1.807) is 0 Å². The Kier molecular flexibility index (Phi) is 14.8. The molecule has 72 heavy (non-hydrogen) atoms. The lowest BCUT2D eigenvalue weighted by Crippen LogP contribution is -1.96. The minimum Gasteiger partial charge on any atom is -0.481 e. The second-order valence-electron chi connectivity index (χ2n) is 18.3. The van der Waals surface area contributed by atoms with Gasteiger partial charge in [-0.2, -0.15) is 0 Å². The molecule has 8 bridgehead atoms. The van der Waals surface area contributed by atoms with Gasteiger partial charge in [-0.3, -0.25) is 19.2 Å². The fourth-order valence-corrected chi connectivity index (χ4v) is 9.55. The summed E-state index contributed by atoms with van der Waals surface area (Å²) in [5.41, 5.74) is 17.5. The van der Waals surface area contributed by atoms with E-state index in [1.807, 2.05) is 72.8 Å². The van der Waals surface area contributed by atoms with Crippen LogP contribution in [0.4, 0.5) is 0 Å².